The van der Waals surface area contributed by atoms with E-state index in [1.54, 1.807) is 28.5 Å². The largest absolute Gasteiger partial charge is 0.371 e. The Labute approximate surface area is 207 Å². The van der Waals surface area contributed by atoms with Crippen molar-refractivity contribution < 1.29 is 9.18 Å². The van der Waals surface area contributed by atoms with Crippen LogP contribution in [0, 0.1) is 5.82 Å². The Bertz CT molecular complexity index is 1450. The molecule has 10 heteroatoms. The summed E-state index contributed by atoms with van der Waals surface area (Å²) in [5.41, 5.74) is 2.15. The Kier molecular flexibility index (Phi) is 5.41. The average molecular weight is 496 g/mol. The van der Waals surface area contributed by atoms with E-state index in [-0.39, 0.29) is 5.56 Å². The molecule has 2 aromatic carbocycles. The molecular weight excluding hydrogens is 469 g/mol. The van der Waals surface area contributed by atoms with Crippen LogP contribution in [0.2, 0.25) is 5.02 Å². The third-order valence-corrected chi connectivity index (χ3v) is 7.22. The predicted molar refractivity (Wildman–Crippen MR) is 136 cm³/mol. The highest BCUT2D eigenvalue weighted by Gasteiger charge is 2.29. The lowest BCUT2D eigenvalue weighted by atomic mass is 10.0. The Morgan fingerprint density at radius 3 is 2.49 bits per heavy atom. The molecule has 1 aliphatic heterocycles. The van der Waals surface area contributed by atoms with Crippen molar-refractivity contribution in [2.45, 2.75) is 37.8 Å². The number of nitrogens with zero attached hydrogens (tertiary/aromatic N) is 5. The van der Waals surface area contributed by atoms with Crippen LogP contribution in [-0.4, -0.2) is 50.6 Å². The number of hydrogen-bond acceptors (Lipinski definition) is 5. The molecule has 0 atom stereocenters. The minimum absolute atomic E-state index is 0.0861. The molecule has 2 aromatic heterocycles. The normalized spacial score (nSPS) is 17.0. The fourth-order valence-electron chi connectivity index (χ4n) is 5.04. The van der Waals surface area contributed by atoms with Gasteiger partial charge in [0.1, 0.15) is 16.9 Å². The average Bonchev–Trinajstić information content (AvgIpc) is 3.43. The number of anilines is 2. The van der Waals surface area contributed by atoms with Crippen molar-refractivity contribution in [1.82, 2.24) is 24.9 Å². The molecule has 2 N–H and O–H groups in total. The van der Waals surface area contributed by atoms with Crippen LogP contribution >= 0.6 is 11.6 Å². The number of fused-ring (bicyclic) bond motifs is 2. The Morgan fingerprint density at radius 2 is 1.74 bits per heavy atom. The number of carbonyl (C=O) groups excluding carboxylic acids is 1. The summed E-state index contributed by atoms with van der Waals surface area (Å²) in [5.74, 6) is -1.18. The second kappa shape index (κ2) is 8.49. The van der Waals surface area contributed by atoms with Gasteiger partial charge < -0.3 is 15.5 Å². The molecule has 0 bridgehead atoms. The quantitative estimate of drug-likeness (QED) is 0.433. The van der Waals surface area contributed by atoms with Crippen LogP contribution in [0.5, 0.6) is 0 Å². The van der Waals surface area contributed by atoms with E-state index in [1.807, 2.05) is 19.4 Å². The zero-order valence-electron chi connectivity index (χ0n) is 19.7. The molecule has 6 rings (SSSR count). The van der Waals surface area contributed by atoms with Crippen LogP contribution in [0.15, 0.2) is 30.6 Å². The maximum Gasteiger partial charge on any atom is 0.260 e. The van der Waals surface area contributed by atoms with Gasteiger partial charge >= 0.3 is 0 Å². The van der Waals surface area contributed by atoms with Crippen LogP contribution in [0.4, 0.5) is 15.8 Å². The highest BCUT2D eigenvalue weighted by Crippen LogP contribution is 2.34. The van der Waals surface area contributed by atoms with Gasteiger partial charge in [0.2, 0.25) is 0 Å². The SMILES string of the molecule is Cn1cc2cc(NC(=O)c3c(F)cc(N4CCC(NC5CC5)CC4)c4cn(C)nc34)c(Cl)cc2n1. The van der Waals surface area contributed by atoms with Crippen molar-refractivity contribution in [3.8, 4) is 0 Å². The summed E-state index contributed by atoms with van der Waals surface area (Å²) in [4.78, 5) is 15.5. The third-order valence-electron chi connectivity index (χ3n) is 6.91. The summed E-state index contributed by atoms with van der Waals surface area (Å²) in [5, 5.41) is 17.2. The summed E-state index contributed by atoms with van der Waals surface area (Å²) in [6, 6.07) is 6.09. The number of halogens is 2. The highest BCUT2D eigenvalue weighted by molar-refractivity contribution is 6.35. The van der Waals surface area contributed by atoms with Crippen molar-refractivity contribution in [3.05, 3.63) is 47.0 Å². The molecule has 4 aromatic rings. The molecule has 1 saturated heterocycles. The van der Waals surface area contributed by atoms with Crippen LogP contribution in [0.25, 0.3) is 21.8 Å². The van der Waals surface area contributed by atoms with Crippen LogP contribution < -0.4 is 15.5 Å². The van der Waals surface area contributed by atoms with Crippen molar-refractivity contribution in [2.24, 2.45) is 14.1 Å². The van der Waals surface area contributed by atoms with E-state index in [1.165, 1.54) is 18.9 Å². The molecule has 1 aliphatic carbocycles. The first-order valence-electron chi connectivity index (χ1n) is 12.0. The molecule has 0 spiro atoms. The zero-order valence-corrected chi connectivity index (χ0v) is 20.4. The number of aromatic nitrogens is 4. The van der Waals surface area contributed by atoms with Crippen molar-refractivity contribution >= 4 is 50.7 Å². The molecule has 182 valence electrons. The number of benzene rings is 2. The number of nitrogens with one attached hydrogen (secondary N) is 2. The van der Waals surface area contributed by atoms with Crippen LogP contribution in [0.1, 0.15) is 36.0 Å². The molecule has 8 nitrogen and oxygen atoms in total. The van der Waals surface area contributed by atoms with Crippen molar-refractivity contribution in [2.75, 3.05) is 23.3 Å². The Hall–Kier alpha value is -3.17. The van der Waals surface area contributed by atoms with E-state index < -0.39 is 11.7 Å². The standard InChI is InChI=1S/C25H27ClFN7O/c1-32-12-14-9-21(18(26)10-20(14)30-32)29-25(35)23-19(27)11-22(17-13-33(2)31-24(17)23)34-7-5-16(6-8-34)28-15-3-4-15/h9-13,15-16,28H,3-8H2,1-2H3,(H,29,35). The third kappa shape index (κ3) is 4.23. The van der Waals surface area contributed by atoms with Gasteiger partial charge in [0.25, 0.3) is 5.91 Å². The minimum atomic E-state index is -0.597. The molecule has 1 saturated carbocycles. The van der Waals surface area contributed by atoms with E-state index in [9.17, 15) is 4.79 Å². The molecule has 0 unspecified atom stereocenters. The van der Waals surface area contributed by atoms with Gasteiger partial charge in [-0.15, -0.1) is 0 Å². The number of amides is 1. The van der Waals surface area contributed by atoms with Crippen molar-refractivity contribution in [1.29, 1.82) is 0 Å². The maximum absolute atomic E-state index is 15.5. The first-order valence-corrected chi connectivity index (χ1v) is 12.3. The van der Waals surface area contributed by atoms with Gasteiger partial charge in [-0.05, 0) is 43.9 Å². The number of piperidine rings is 1. The van der Waals surface area contributed by atoms with E-state index in [2.05, 4.69) is 25.7 Å². The van der Waals surface area contributed by atoms with E-state index >= 15 is 4.39 Å². The molecule has 2 fully saturated rings. The van der Waals surface area contributed by atoms with E-state index in [4.69, 9.17) is 11.6 Å². The van der Waals surface area contributed by atoms with Gasteiger partial charge in [-0.2, -0.15) is 10.2 Å². The van der Waals surface area contributed by atoms with Gasteiger partial charge in [0.05, 0.1) is 21.9 Å². The predicted octanol–water partition coefficient (Wildman–Crippen LogP) is 4.23. The second-order valence-electron chi connectivity index (χ2n) is 9.67. The van der Waals surface area contributed by atoms with E-state index in [0.29, 0.717) is 33.8 Å². The number of hydrogen-bond donors (Lipinski definition) is 2. The first-order chi connectivity index (χ1) is 16.9. The summed E-state index contributed by atoms with van der Waals surface area (Å²) < 4.78 is 18.8. The number of carbonyl (C=O) groups is 1. The molecule has 3 heterocycles. The minimum Gasteiger partial charge on any atom is -0.371 e. The van der Waals surface area contributed by atoms with Crippen molar-refractivity contribution in [3.63, 3.8) is 0 Å². The van der Waals surface area contributed by atoms with Gasteiger partial charge in [-0.25, -0.2) is 4.39 Å². The molecule has 2 aliphatic rings. The summed E-state index contributed by atoms with van der Waals surface area (Å²) in [7, 11) is 3.59. The number of rotatable bonds is 5. The lowest BCUT2D eigenvalue weighted by Crippen LogP contribution is -2.43. The monoisotopic (exact) mass is 495 g/mol. The second-order valence-corrected chi connectivity index (χ2v) is 10.1. The number of aryl methyl sites for hydroxylation is 2. The van der Waals surface area contributed by atoms with E-state index in [0.717, 1.165) is 42.4 Å². The summed E-state index contributed by atoms with van der Waals surface area (Å²) in [6.07, 6.45) is 8.25. The lowest BCUT2D eigenvalue weighted by molar-refractivity contribution is 0.102. The van der Waals surface area contributed by atoms with Gasteiger partial charge in [-0.3, -0.25) is 14.2 Å². The summed E-state index contributed by atoms with van der Waals surface area (Å²) in [6.45, 7) is 1.67. The Morgan fingerprint density at radius 1 is 1.03 bits per heavy atom. The fraction of sp³-hybridized carbons (Fsp3) is 0.400. The highest BCUT2D eigenvalue weighted by atomic mass is 35.5. The first kappa shape index (κ1) is 22.3. The van der Waals surface area contributed by atoms with Gasteiger partial charge in [0.15, 0.2) is 0 Å². The molecule has 0 radical (unpaired) electrons. The lowest BCUT2D eigenvalue weighted by Gasteiger charge is -2.34. The maximum atomic E-state index is 15.5. The van der Waals surface area contributed by atoms with Crippen LogP contribution in [0.3, 0.4) is 0 Å². The smallest absolute Gasteiger partial charge is 0.260 e. The molecular formula is C25H27ClFN7O. The van der Waals surface area contributed by atoms with Gasteiger partial charge in [-0.1, -0.05) is 11.6 Å². The molecule has 1 amide bonds. The molecule has 35 heavy (non-hydrogen) atoms. The topological polar surface area (TPSA) is 80.0 Å². The zero-order chi connectivity index (χ0) is 24.3. The Balaban J connectivity index is 1.30. The van der Waals surface area contributed by atoms with Crippen LogP contribution in [-0.2, 0) is 14.1 Å². The fourth-order valence-corrected chi connectivity index (χ4v) is 5.25. The summed E-state index contributed by atoms with van der Waals surface area (Å²) >= 11 is 6.39. The van der Waals surface area contributed by atoms with Gasteiger partial charge in [0, 0.05) is 62.4 Å².